The summed E-state index contributed by atoms with van der Waals surface area (Å²) in [7, 11) is 0. The number of imidazole rings is 1. The van der Waals surface area contributed by atoms with Gasteiger partial charge in [0.15, 0.2) is 6.23 Å². The lowest BCUT2D eigenvalue weighted by atomic mass is 10.2. The van der Waals surface area contributed by atoms with E-state index in [4.69, 9.17) is 21.4 Å². The zero-order valence-corrected chi connectivity index (χ0v) is 8.95. The van der Waals surface area contributed by atoms with Crippen LogP contribution in [0.2, 0.25) is 0 Å². The fraction of sp³-hybridized carbons (Fsp3) is 0.625. The maximum atomic E-state index is 10.7. The minimum Gasteiger partial charge on any atom is -0.394 e. The SMILES string of the molecule is O=[N+]([O-])c1nccn1[C@@H]1OC(CO)C[C@H]1Cl. The van der Waals surface area contributed by atoms with Crippen molar-refractivity contribution >= 4 is 17.5 Å². The Kier molecular flexibility index (Phi) is 3.08. The average molecular weight is 248 g/mol. The zero-order valence-electron chi connectivity index (χ0n) is 8.19. The summed E-state index contributed by atoms with van der Waals surface area (Å²) in [4.78, 5) is 13.7. The third kappa shape index (κ3) is 1.89. The molecule has 0 saturated carbocycles. The third-order valence-electron chi connectivity index (χ3n) is 2.42. The predicted octanol–water partition coefficient (Wildman–Crippen LogP) is 0.678. The van der Waals surface area contributed by atoms with Crippen LogP contribution in [-0.4, -0.2) is 37.7 Å². The first kappa shape index (κ1) is 11.3. The fourth-order valence-corrected chi connectivity index (χ4v) is 2.09. The topological polar surface area (TPSA) is 90.4 Å². The summed E-state index contributed by atoms with van der Waals surface area (Å²) in [6.07, 6.45) is 2.18. The summed E-state index contributed by atoms with van der Waals surface area (Å²) in [6, 6.07) is 0. The molecule has 1 aliphatic rings. The van der Waals surface area contributed by atoms with Crippen LogP contribution in [0.15, 0.2) is 12.4 Å². The molecule has 1 unspecified atom stereocenters. The van der Waals surface area contributed by atoms with E-state index in [2.05, 4.69) is 4.98 Å². The van der Waals surface area contributed by atoms with E-state index in [1.165, 1.54) is 17.0 Å². The summed E-state index contributed by atoms with van der Waals surface area (Å²) < 4.78 is 6.67. The Labute approximate surface area is 95.8 Å². The summed E-state index contributed by atoms with van der Waals surface area (Å²) >= 11 is 6.01. The highest BCUT2D eigenvalue weighted by molar-refractivity contribution is 6.21. The van der Waals surface area contributed by atoms with Crippen molar-refractivity contribution in [1.82, 2.24) is 9.55 Å². The van der Waals surface area contributed by atoms with Crippen LogP contribution in [-0.2, 0) is 4.74 Å². The normalized spacial score (nSPS) is 29.5. The summed E-state index contributed by atoms with van der Waals surface area (Å²) in [5.74, 6) is -0.311. The third-order valence-corrected chi connectivity index (χ3v) is 2.81. The summed E-state index contributed by atoms with van der Waals surface area (Å²) in [6.45, 7) is -0.151. The molecule has 7 nitrogen and oxygen atoms in total. The Bertz CT molecular complexity index is 396. The number of rotatable bonds is 3. The Morgan fingerprint density at radius 3 is 3.12 bits per heavy atom. The van der Waals surface area contributed by atoms with Gasteiger partial charge in [-0.15, -0.1) is 11.6 Å². The van der Waals surface area contributed by atoms with Crippen molar-refractivity contribution in [1.29, 1.82) is 0 Å². The molecule has 0 bridgehead atoms. The lowest BCUT2D eigenvalue weighted by molar-refractivity contribution is -0.398. The Morgan fingerprint density at radius 2 is 2.56 bits per heavy atom. The van der Waals surface area contributed by atoms with Gasteiger partial charge in [0.05, 0.1) is 18.1 Å². The van der Waals surface area contributed by atoms with Gasteiger partial charge in [0.1, 0.15) is 12.4 Å². The van der Waals surface area contributed by atoms with Crippen molar-refractivity contribution in [3.05, 3.63) is 22.5 Å². The maximum absolute atomic E-state index is 10.7. The molecule has 1 fully saturated rings. The molecular formula is C8H10ClN3O4. The van der Waals surface area contributed by atoms with E-state index in [1.54, 1.807) is 0 Å². The van der Waals surface area contributed by atoms with Crippen molar-refractivity contribution in [2.24, 2.45) is 0 Å². The number of alkyl halides is 1. The number of aliphatic hydroxyl groups excluding tert-OH is 1. The second kappa shape index (κ2) is 4.36. The smallest absolute Gasteiger partial charge is 0.394 e. The number of hydrogen-bond acceptors (Lipinski definition) is 5. The molecule has 8 heteroatoms. The van der Waals surface area contributed by atoms with Gasteiger partial charge in [-0.25, -0.2) is 4.57 Å². The van der Waals surface area contributed by atoms with Crippen molar-refractivity contribution in [3.8, 4) is 0 Å². The van der Waals surface area contributed by atoms with Crippen molar-refractivity contribution in [3.63, 3.8) is 0 Å². The van der Waals surface area contributed by atoms with Crippen molar-refractivity contribution < 1.29 is 14.8 Å². The van der Waals surface area contributed by atoms with Gasteiger partial charge in [0, 0.05) is 0 Å². The molecule has 3 atom stereocenters. The number of aromatic nitrogens is 2. The van der Waals surface area contributed by atoms with Crippen LogP contribution in [0.4, 0.5) is 5.95 Å². The van der Waals surface area contributed by atoms with Crippen LogP contribution >= 0.6 is 11.6 Å². The lowest BCUT2D eigenvalue weighted by Gasteiger charge is -2.12. The molecule has 0 aromatic carbocycles. The van der Waals surface area contributed by atoms with Crippen LogP contribution in [0.3, 0.4) is 0 Å². The Balaban J connectivity index is 2.24. The van der Waals surface area contributed by atoms with Crippen LogP contribution in [0, 0.1) is 10.1 Å². The van der Waals surface area contributed by atoms with Gasteiger partial charge in [-0.1, -0.05) is 4.98 Å². The Morgan fingerprint density at radius 1 is 1.81 bits per heavy atom. The molecule has 1 N–H and O–H groups in total. The highest BCUT2D eigenvalue weighted by atomic mass is 35.5. The van der Waals surface area contributed by atoms with E-state index in [0.29, 0.717) is 6.42 Å². The fourth-order valence-electron chi connectivity index (χ4n) is 1.71. The maximum Gasteiger partial charge on any atom is 0.436 e. The first-order valence-electron chi connectivity index (χ1n) is 4.71. The number of ether oxygens (including phenoxy) is 1. The molecule has 2 heterocycles. The molecule has 0 spiro atoms. The second-order valence-corrected chi connectivity index (χ2v) is 4.04. The molecule has 1 aromatic rings. The van der Waals surface area contributed by atoms with Gasteiger partial charge in [-0.05, 0) is 11.3 Å². The number of hydrogen-bond donors (Lipinski definition) is 1. The standard InChI is InChI=1S/C8H10ClN3O4/c9-6-3-5(4-13)16-7(6)11-2-1-10-8(11)12(14)15/h1-2,5-7,13H,3-4H2/t5?,6-,7-/m1/s1. The van der Waals surface area contributed by atoms with Crippen LogP contribution in [0.5, 0.6) is 0 Å². The molecule has 2 rings (SSSR count). The largest absolute Gasteiger partial charge is 0.436 e. The molecule has 0 radical (unpaired) electrons. The van der Waals surface area contributed by atoms with E-state index < -0.39 is 16.5 Å². The predicted molar refractivity (Wildman–Crippen MR) is 54.1 cm³/mol. The molecule has 1 aromatic heterocycles. The van der Waals surface area contributed by atoms with Crippen LogP contribution < -0.4 is 0 Å². The number of nitro groups is 1. The van der Waals surface area contributed by atoms with E-state index in [1.807, 2.05) is 0 Å². The van der Waals surface area contributed by atoms with Gasteiger partial charge in [0.25, 0.3) is 0 Å². The van der Waals surface area contributed by atoms with Gasteiger partial charge in [-0.2, -0.15) is 0 Å². The van der Waals surface area contributed by atoms with E-state index in [-0.39, 0.29) is 18.7 Å². The van der Waals surface area contributed by atoms with Gasteiger partial charge >= 0.3 is 5.95 Å². The summed E-state index contributed by atoms with van der Waals surface area (Å²) in [5, 5.41) is 19.2. The molecular weight excluding hydrogens is 238 g/mol. The molecule has 1 aliphatic heterocycles. The highest BCUT2D eigenvalue weighted by Crippen LogP contribution is 2.34. The monoisotopic (exact) mass is 247 g/mol. The minimum atomic E-state index is -0.651. The van der Waals surface area contributed by atoms with Gasteiger partial charge < -0.3 is 20.0 Å². The Hall–Kier alpha value is -1.18. The van der Waals surface area contributed by atoms with Crippen molar-refractivity contribution in [2.45, 2.75) is 24.1 Å². The molecule has 0 aliphatic carbocycles. The molecule has 1 saturated heterocycles. The van der Waals surface area contributed by atoms with Crippen LogP contribution in [0.1, 0.15) is 12.6 Å². The van der Waals surface area contributed by atoms with E-state index >= 15 is 0 Å². The lowest BCUT2D eigenvalue weighted by Crippen LogP contribution is -2.17. The number of halogens is 1. The van der Waals surface area contributed by atoms with Gasteiger partial charge in [-0.3, -0.25) is 0 Å². The summed E-state index contributed by atoms with van der Waals surface area (Å²) in [5.41, 5.74) is 0. The highest BCUT2D eigenvalue weighted by Gasteiger charge is 2.39. The second-order valence-electron chi connectivity index (χ2n) is 3.47. The average Bonchev–Trinajstić information content (AvgIpc) is 2.82. The zero-order chi connectivity index (χ0) is 11.7. The van der Waals surface area contributed by atoms with E-state index in [0.717, 1.165) is 0 Å². The molecule has 16 heavy (non-hydrogen) atoms. The van der Waals surface area contributed by atoms with Crippen molar-refractivity contribution in [2.75, 3.05) is 6.61 Å². The minimum absolute atomic E-state index is 0.151. The number of nitrogens with zero attached hydrogens (tertiary/aromatic N) is 3. The van der Waals surface area contributed by atoms with E-state index in [9.17, 15) is 10.1 Å². The number of aliphatic hydroxyl groups is 1. The first-order chi connectivity index (χ1) is 7.63. The quantitative estimate of drug-likeness (QED) is 0.482. The first-order valence-corrected chi connectivity index (χ1v) is 5.14. The molecule has 88 valence electrons. The molecule has 0 amide bonds. The van der Waals surface area contributed by atoms with Crippen LogP contribution in [0.25, 0.3) is 0 Å². The van der Waals surface area contributed by atoms with Gasteiger partial charge in [0.2, 0.25) is 0 Å².